The summed E-state index contributed by atoms with van der Waals surface area (Å²) >= 11 is 0. The highest BCUT2D eigenvalue weighted by molar-refractivity contribution is 6.02. The molecule has 1 heterocycles. The lowest BCUT2D eigenvalue weighted by atomic mass is 10.0. The van der Waals surface area contributed by atoms with Crippen LogP contribution >= 0.6 is 0 Å². The van der Waals surface area contributed by atoms with E-state index in [1.165, 1.54) is 0 Å². The zero-order chi connectivity index (χ0) is 17.5. The first-order chi connectivity index (χ1) is 11.5. The number of carbonyl (C=O) groups is 2. The zero-order valence-corrected chi connectivity index (χ0v) is 14.0. The molecule has 0 spiro atoms. The molecule has 1 atom stereocenters. The molecule has 1 aromatic rings. The summed E-state index contributed by atoms with van der Waals surface area (Å²) in [5, 5.41) is 4.01. The molecule has 1 aliphatic heterocycles. The van der Waals surface area contributed by atoms with Crippen molar-refractivity contribution in [1.29, 1.82) is 0 Å². The number of nitrogen functional groups attached to an aromatic ring is 1. The van der Waals surface area contributed by atoms with Gasteiger partial charge in [0.25, 0.3) is 5.91 Å². The van der Waals surface area contributed by atoms with Gasteiger partial charge in [-0.15, -0.1) is 0 Å². The van der Waals surface area contributed by atoms with E-state index in [0.717, 1.165) is 11.3 Å². The van der Waals surface area contributed by atoms with Crippen molar-refractivity contribution in [2.24, 2.45) is 5.16 Å². The van der Waals surface area contributed by atoms with Crippen LogP contribution < -0.4 is 5.73 Å². The smallest absolute Gasteiger partial charge is 0.310 e. The molecular weight excluding hydrogens is 310 g/mol. The summed E-state index contributed by atoms with van der Waals surface area (Å²) in [5.41, 5.74) is 8.02. The molecule has 24 heavy (non-hydrogen) atoms. The van der Waals surface area contributed by atoms with E-state index >= 15 is 0 Å². The van der Waals surface area contributed by atoms with Gasteiger partial charge in [0.15, 0.2) is 6.61 Å². The van der Waals surface area contributed by atoms with E-state index in [0.29, 0.717) is 25.2 Å². The zero-order valence-electron chi connectivity index (χ0n) is 14.0. The quantitative estimate of drug-likeness (QED) is 0.604. The van der Waals surface area contributed by atoms with E-state index < -0.39 is 5.97 Å². The Labute approximate surface area is 141 Å². The van der Waals surface area contributed by atoms with Crippen LogP contribution in [0.5, 0.6) is 0 Å². The van der Waals surface area contributed by atoms with Gasteiger partial charge in [-0.25, -0.2) is 0 Å². The summed E-state index contributed by atoms with van der Waals surface area (Å²) < 4.78 is 5.03. The van der Waals surface area contributed by atoms with E-state index in [2.05, 4.69) is 5.16 Å². The predicted octanol–water partition coefficient (Wildman–Crippen LogP) is 1.56. The Morgan fingerprint density at radius 1 is 1.38 bits per heavy atom. The standard InChI is InChI=1S/C17H23N3O4/c1-3-20(4-2)16(21)11-23-17(22)10-14-9-15(19-24-14)12-6-5-7-13(18)8-12/h5-8,14H,3-4,9-11,18H2,1-2H3. The number of ether oxygens (including phenoxy) is 1. The molecule has 1 aromatic carbocycles. The molecule has 2 rings (SSSR count). The lowest BCUT2D eigenvalue weighted by Crippen LogP contribution is -2.34. The van der Waals surface area contributed by atoms with Crippen LogP contribution in [0.15, 0.2) is 29.4 Å². The van der Waals surface area contributed by atoms with Crippen molar-refractivity contribution < 1.29 is 19.2 Å². The Hall–Kier alpha value is -2.57. The predicted molar refractivity (Wildman–Crippen MR) is 90.4 cm³/mol. The van der Waals surface area contributed by atoms with Crippen molar-refractivity contribution in [3.63, 3.8) is 0 Å². The van der Waals surface area contributed by atoms with E-state index in [1.54, 1.807) is 11.0 Å². The van der Waals surface area contributed by atoms with E-state index in [-0.39, 0.29) is 25.0 Å². The summed E-state index contributed by atoms with van der Waals surface area (Å²) in [4.78, 5) is 30.5. The Kier molecular flexibility index (Phi) is 6.17. The molecule has 2 N–H and O–H groups in total. The van der Waals surface area contributed by atoms with Gasteiger partial charge in [-0.05, 0) is 26.0 Å². The van der Waals surface area contributed by atoms with Gasteiger partial charge < -0.3 is 20.2 Å². The number of nitrogens with zero attached hydrogens (tertiary/aromatic N) is 2. The molecule has 0 bridgehead atoms. The first-order valence-corrected chi connectivity index (χ1v) is 8.05. The number of carbonyl (C=O) groups excluding carboxylic acids is 2. The molecule has 1 unspecified atom stereocenters. The average Bonchev–Trinajstić information content (AvgIpc) is 3.02. The highest BCUT2D eigenvalue weighted by Gasteiger charge is 2.26. The molecule has 0 radical (unpaired) electrons. The van der Waals surface area contributed by atoms with E-state index in [9.17, 15) is 9.59 Å². The number of oxime groups is 1. The van der Waals surface area contributed by atoms with Crippen molar-refractivity contribution in [2.75, 3.05) is 25.4 Å². The lowest BCUT2D eigenvalue weighted by Gasteiger charge is -2.18. The number of likely N-dealkylation sites (N-methyl/N-ethyl adjacent to an activating group) is 1. The summed E-state index contributed by atoms with van der Waals surface area (Å²) in [6, 6.07) is 7.34. The van der Waals surface area contributed by atoms with Gasteiger partial charge in [0, 0.05) is 30.8 Å². The van der Waals surface area contributed by atoms with Gasteiger partial charge >= 0.3 is 5.97 Å². The monoisotopic (exact) mass is 333 g/mol. The van der Waals surface area contributed by atoms with Gasteiger partial charge in [0.1, 0.15) is 6.10 Å². The Bertz CT molecular complexity index is 626. The first kappa shape index (κ1) is 17.8. The fourth-order valence-electron chi connectivity index (χ4n) is 2.48. The maximum atomic E-state index is 11.9. The van der Waals surface area contributed by atoms with Crippen LogP contribution in [0.4, 0.5) is 5.69 Å². The minimum absolute atomic E-state index is 0.0564. The molecule has 7 heteroatoms. The normalized spacial score (nSPS) is 16.2. The largest absolute Gasteiger partial charge is 0.455 e. The minimum Gasteiger partial charge on any atom is -0.455 e. The molecule has 0 aliphatic carbocycles. The number of benzene rings is 1. The molecule has 0 aromatic heterocycles. The van der Waals surface area contributed by atoms with Crippen LogP contribution in [0.1, 0.15) is 32.3 Å². The third-order valence-corrected chi connectivity index (χ3v) is 3.82. The third-order valence-electron chi connectivity index (χ3n) is 3.82. The number of nitrogens with two attached hydrogens (primary N) is 1. The van der Waals surface area contributed by atoms with Gasteiger partial charge in [-0.1, -0.05) is 17.3 Å². The third kappa shape index (κ3) is 4.71. The fraction of sp³-hybridized carbons (Fsp3) is 0.471. The van der Waals surface area contributed by atoms with Crippen molar-refractivity contribution >= 4 is 23.3 Å². The van der Waals surface area contributed by atoms with Crippen LogP contribution in [0.2, 0.25) is 0 Å². The molecule has 130 valence electrons. The molecule has 0 fully saturated rings. The van der Waals surface area contributed by atoms with Crippen LogP contribution in [0.3, 0.4) is 0 Å². The molecule has 0 saturated carbocycles. The first-order valence-electron chi connectivity index (χ1n) is 8.05. The van der Waals surface area contributed by atoms with Gasteiger partial charge in [-0.2, -0.15) is 0 Å². The summed E-state index contributed by atoms with van der Waals surface area (Å²) in [5.74, 6) is -0.665. The van der Waals surface area contributed by atoms with Gasteiger partial charge in [0.05, 0.1) is 12.1 Å². The maximum absolute atomic E-state index is 11.9. The Morgan fingerprint density at radius 2 is 2.12 bits per heavy atom. The minimum atomic E-state index is -0.468. The van der Waals surface area contributed by atoms with Crippen LogP contribution in [0.25, 0.3) is 0 Å². The number of hydrogen-bond acceptors (Lipinski definition) is 6. The number of esters is 1. The van der Waals surface area contributed by atoms with Crippen molar-refractivity contribution in [1.82, 2.24) is 4.90 Å². The number of hydrogen-bond donors (Lipinski definition) is 1. The molecular formula is C17H23N3O4. The molecule has 1 amide bonds. The molecule has 7 nitrogen and oxygen atoms in total. The second-order valence-corrected chi connectivity index (χ2v) is 5.53. The summed E-state index contributed by atoms with van der Waals surface area (Å²) in [6.07, 6.45) is 0.182. The summed E-state index contributed by atoms with van der Waals surface area (Å²) in [6.45, 7) is 4.71. The van der Waals surface area contributed by atoms with E-state index in [1.807, 2.05) is 32.0 Å². The van der Waals surface area contributed by atoms with Crippen molar-refractivity contribution in [2.45, 2.75) is 32.8 Å². The van der Waals surface area contributed by atoms with Crippen molar-refractivity contribution in [3.05, 3.63) is 29.8 Å². The van der Waals surface area contributed by atoms with Crippen LogP contribution in [-0.2, 0) is 19.2 Å². The van der Waals surface area contributed by atoms with Crippen molar-refractivity contribution in [3.8, 4) is 0 Å². The highest BCUT2D eigenvalue weighted by atomic mass is 16.6. The fourth-order valence-corrected chi connectivity index (χ4v) is 2.48. The topological polar surface area (TPSA) is 94.2 Å². The van der Waals surface area contributed by atoms with Gasteiger partial charge in [0.2, 0.25) is 0 Å². The SMILES string of the molecule is CCN(CC)C(=O)COC(=O)CC1CC(c2cccc(N)c2)=NO1. The second kappa shape index (κ2) is 8.33. The summed E-state index contributed by atoms with van der Waals surface area (Å²) in [7, 11) is 0. The highest BCUT2D eigenvalue weighted by Crippen LogP contribution is 2.20. The number of amides is 1. The van der Waals surface area contributed by atoms with E-state index in [4.69, 9.17) is 15.3 Å². The van der Waals surface area contributed by atoms with Crippen LogP contribution in [-0.4, -0.2) is 48.3 Å². The average molecular weight is 333 g/mol. The second-order valence-electron chi connectivity index (χ2n) is 5.53. The number of anilines is 1. The van der Waals surface area contributed by atoms with Gasteiger partial charge in [-0.3, -0.25) is 9.59 Å². The molecule has 0 saturated heterocycles. The lowest BCUT2D eigenvalue weighted by molar-refractivity contribution is -0.153. The Morgan fingerprint density at radius 3 is 2.79 bits per heavy atom. The van der Waals surface area contributed by atoms with Crippen LogP contribution in [0, 0.1) is 0 Å². The maximum Gasteiger partial charge on any atom is 0.310 e. The number of rotatable bonds is 7. The Balaban J connectivity index is 1.77. The molecule has 1 aliphatic rings.